The van der Waals surface area contributed by atoms with E-state index in [4.69, 9.17) is 10.7 Å². The lowest BCUT2D eigenvalue weighted by molar-refractivity contribution is -0.130. The molecule has 1 fully saturated rings. The third-order valence-corrected chi connectivity index (χ3v) is 5.81. The van der Waals surface area contributed by atoms with Gasteiger partial charge >= 0.3 is 0 Å². The van der Waals surface area contributed by atoms with Gasteiger partial charge in [-0.2, -0.15) is 0 Å². The van der Waals surface area contributed by atoms with Crippen molar-refractivity contribution in [1.82, 2.24) is 14.3 Å². The van der Waals surface area contributed by atoms with E-state index in [9.17, 15) is 14.7 Å². The number of nitrogens with two attached hydrogens (primary N) is 1. The van der Waals surface area contributed by atoms with Gasteiger partial charge in [-0.25, -0.2) is 4.98 Å². The third-order valence-electron chi connectivity index (χ3n) is 5.81. The van der Waals surface area contributed by atoms with Crippen molar-refractivity contribution >= 4 is 28.2 Å². The molecule has 7 heteroatoms. The zero-order valence-electron chi connectivity index (χ0n) is 16.7. The molecule has 1 aliphatic rings. The van der Waals surface area contributed by atoms with Crippen LogP contribution in [0.15, 0.2) is 67.5 Å². The van der Waals surface area contributed by atoms with Gasteiger partial charge in [0.1, 0.15) is 5.75 Å². The maximum Gasteiger partial charge on any atom is 0.253 e. The Morgan fingerprint density at radius 3 is 2.68 bits per heavy atom. The first-order chi connectivity index (χ1) is 15.0. The van der Waals surface area contributed by atoms with Crippen LogP contribution >= 0.6 is 0 Å². The zero-order chi connectivity index (χ0) is 21.7. The topological polar surface area (TPSA) is 101 Å². The normalized spacial score (nSPS) is 14.0. The predicted octanol–water partition coefficient (Wildman–Crippen LogP) is 3.07. The highest BCUT2D eigenvalue weighted by Gasteiger charge is 2.32. The number of amides is 2. The molecule has 3 heterocycles. The highest BCUT2D eigenvalue weighted by Crippen LogP contribution is 2.36. The number of pyridine rings is 1. The smallest absolute Gasteiger partial charge is 0.253 e. The number of imidazole rings is 1. The fourth-order valence-corrected chi connectivity index (χ4v) is 4.23. The van der Waals surface area contributed by atoms with Crippen LogP contribution < -0.4 is 5.73 Å². The molecule has 0 bridgehead atoms. The molecule has 1 saturated heterocycles. The molecule has 3 N–H and O–H groups in total. The molecule has 2 amide bonds. The number of primary amides is 1. The van der Waals surface area contributed by atoms with Crippen LogP contribution in [-0.4, -0.2) is 44.3 Å². The van der Waals surface area contributed by atoms with Crippen LogP contribution in [0.4, 0.5) is 0 Å². The summed E-state index contributed by atoms with van der Waals surface area (Å²) in [5, 5.41) is 12.0. The van der Waals surface area contributed by atoms with Gasteiger partial charge < -0.3 is 20.1 Å². The average Bonchev–Trinajstić information content (AvgIpc) is 3.14. The Hall–Kier alpha value is -4.13. The standard InChI is InChI=1S/C24H20N4O3/c1-2-21(30)28-11-15(12-28)20-13-27-8-7-18(22(23(25)31)24(27)26-20)19-10-16(29)9-14-5-3-4-6-17(14)19/h2-10,13,15,29H,1,11-12H2,(H2,25,31). The lowest BCUT2D eigenvalue weighted by atomic mass is 9.95. The van der Waals surface area contributed by atoms with E-state index < -0.39 is 5.91 Å². The predicted molar refractivity (Wildman–Crippen MR) is 118 cm³/mol. The molecule has 7 nitrogen and oxygen atoms in total. The van der Waals surface area contributed by atoms with Gasteiger partial charge in [-0.1, -0.05) is 30.8 Å². The summed E-state index contributed by atoms with van der Waals surface area (Å²) in [6.07, 6.45) is 5.00. The number of benzene rings is 2. The van der Waals surface area contributed by atoms with Crippen LogP contribution in [0.1, 0.15) is 22.0 Å². The molecule has 31 heavy (non-hydrogen) atoms. The number of aromatic nitrogens is 2. The van der Waals surface area contributed by atoms with Crippen LogP contribution in [0.3, 0.4) is 0 Å². The van der Waals surface area contributed by atoms with E-state index in [1.807, 2.05) is 42.7 Å². The Bertz CT molecular complexity index is 1380. The number of aromatic hydroxyl groups is 1. The highest BCUT2D eigenvalue weighted by atomic mass is 16.3. The summed E-state index contributed by atoms with van der Waals surface area (Å²) in [6.45, 7) is 4.63. The molecule has 0 spiro atoms. The molecule has 154 valence electrons. The third kappa shape index (κ3) is 3.02. The van der Waals surface area contributed by atoms with Gasteiger partial charge in [0, 0.05) is 37.0 Å². The van der Waals surface area contributed by atoms with Gasteiger partial charge in [-0.05, 0) is 40.6 Å². The lowest BCUT2D eigenvalue weighted by Gasteiger charge is -2.37. The quantitative estimate of drug-likeness (QED) is 0.503. The maximum absolute atomic E-state index is 12.5. The second-order valence-corrected chi connectivity index (χ2v) is 7.72. The largest absolute Gasteiger partial charge is 0.508 e. The molecule has 1 aliphatic heterocycles. The first-order valence-electron chi connectivity index (χ1n) is 9.91. The van der Waals surface area contributed by atoms with E-state index in [2.05, 4.69) is 6.58 Å². The molecule has 0 atom stereocenters. The summed E-state index contributed by atoms with van der Waals surface area (Å²) in [5.74, 6) is -0.498. The van der Waals surface area contributed by atoms with Crippen LogP contribution in [0.25, 0.3) is 27.5 Å². The summed E-state index contributed by atoms with van der Waals surface area (Å²) >= 11 is 0. The first-order valence-corrected chi connectivity index (χ1v) is 9.91. The number of rotatable bonds is 4. The molecule has 2 aromatic carbocycles. The van der Waals surface area contributed by atoms with Crippen molar-refractivity contribution in [3.05, 3.63) is 78.8 Å². The molecular weight excluding hydrogens is 392 g/mol. The summed E-state index contributed by atoms with van der Waals surface area (Å²) in [7, 11) is 0. The van der Waals surface area contributed by atoms with Gasteiger partial charge in [-0.3, -0.25) is 9.59 Å². The molecule has 0 saturated carbocycles. The molecule has 2 aromatic heterocycles. The van der Waals surface area contributed by atoms with Crippen molar-refractivity contribution in [3.8, 4) is 16.9 Å². The van der Waals surface area contributed by atoms with Crippen molar-refractivity contribution in [2.45, 2.75) is 5.92 Å². The summed E-state index contributed by atoms with van der Waals surface area (Å²) < 4.78 is 1.78. The minimum Gasteiger partial charge on any atom is -0.508 e. The fourth-order valence-electron chi connectivity index (χ4n) is 4.23. The number of hydrogen-bond acceptors (Lipinski definition) is 4. The van der Waals surface area contributed by atoms with Gasteiger partial charge in [0.2, 0.25) is 5.91 Å². The monoisotopic (exact) mass is 412 g/mol. The van der Waals surface area contributed by atoms with E-state index in [0.717, 1.165) is 16.5 Å². The average molecular weight is 412 g/mol. The Kier molecular flexibility index (Phi) is 4.25. The van der Waals surface area contributed by atoms with Crippen LogP contribution in [0, 0.1) is 0 Å². The van der Waals surface area contributed by atoms with E-state index >= 15 is 0 Å². The number of phenols is 1. The molecule has 5 rings (SSSR count). The number of carbonyl (C=O) groups excluding carboxylic acids is 2. The van der Waals surface area contributed by atoms with E-state index in [1.165, 1.54) is 6.08 Å². The molecular formula is C24H20N4O3. The minimum atomic E-state index is -0.595. The molecule has 0 radical (unpaired) electrons. The Balaban J connectivity index is 1.65. The van der Waals surface area contributed by atoms with E-state index in [1.54, 1.807) is 21.4 Å². The van der Waals surface area contributed by atoms with Gasteiger partial charge in [0.05, 0.1) is 11.3 Å². The van der Waals surface area contributed by atoms with Crippen molar-refractivity contribution in [1.29, 1.82) is 0 Å². The number of likely N-dealkylation sites (tertiary alicyclic amines) is 1. The molecule has 0 unspecified atom stereocenters. The van der Waals surface area contributed by atoms with Crippen molar-refractivity contribution < 1.29 is 14.7 Å². The number of nitrogens with zero attached hydrogens (tertiary/aromatic N) is 3. The number of phenolic OH excluding ortho intramolecular Hbond substituents is 1. The number of carbonyl (C=O) groups is 2. The molecule has 4 aromatic rings. The fraction of sp³-hybridized carbons (Fsp3) is 0.125. The summed E-state index contributed by atoms with van der Waals surface area (Å²) in [6, 6.07) is 12.8. The lowest BCUT2D eigenvalue weighted by Crippen LogP contribution is -2.47. The second kappa shape index (κ2) is 6.98. The number of hydrogen-bond donors (Lipinski definition) is 2. The van der Waals surface area contributed by atoms with E-state index in [0.29, 0.717) is 35.4 Å². The van der Waals surface area contributed by atoms with Crippen LogP contribution in [0.2, 0.25) is 0 Å². The van der Waals surface area contributed by atoms with Crippen LogP contribution in [0.5, 0.6) is 5.75 Å². The second-order valence-electron chi connectivity index (χ2n) is 7.72. The van der Waals surface area contributed by atoms with Crippen LogP contribution in [-0.2, 0) is 4.79 Å². The highest BCUT2D eigenvalue weighted by molar-refractivity contribution is 6.09. The maximum atomic E-state index is 12.5. The zero-order valence-corrected chi connectivity index (χ0v) is 16.7. The van der Waals surface area contributed by atoms with E-state index in [-0.39, 0.29) is 17.6 Å². The summed E-state index contributed by atoms with van der Waals surface area (Å²) in [5.41, 5.74) is 8.67. The van der Waals surface area contributed by atoms with Crippen molar-refractivity contribution in [2.75, 3.05) is 13.1 Å². The Labute approximate surface area is 178 Å². The van der Waals surface area contributed by atoms with Gasteiger partial charge in [0.25, 0.3) is 5.91 Å². The van der Waals surface area contributed by atoms with Gasteiger partial charge in [0.15, 0.2) is 5.65 Å². The first kappa shape index (κ1) is 18.9. The Morgan fingerprint density at radius 2 is 1.94 bits per heavy atom. The van der Waals surface area contributed by atoms with Crippen molar-refractivity contribution in [3.63, 3.8) is 0 Å². The minimum absolute atomic E-state index is 0.0922. The molecule has 0 aliphatic carbocycles. The SMILES string of the molecule is C=CC(=O)N1CC(c2cn3ccc(-c4cc(O)cc5ccccc45)c(C(N)=O)c3n2)C1. The summed E-state index contributed by atoms with van der Waals surface area (Å²) in [4.78, 5) is 30.6. The number of fused-ring (bicyclic) bond motifs is 2. The Morgan fingerprint density at radius 1 is 1.16 bits per heavy atom. The van der Waals surface area contributed by atoms with Gasteiger partial charge in [-0.15, -0.1) is 0 Å². The van der Waals surface area contributed by atoms with Crippen molar-refractivity contribution in [2.24, 2.45) is 5.73 Å².